The number of hydrogen-bond donors (Lipinski definition) is 3. The summed E-state index contributed by atoms with van der Waals surface area (Å²) in [6.45, 7) is 0. The van der Waals surface area contributed by atoms with E-state index in [1.807, 2.05) is 30.3 Å². The molecular weight excluding hydrogens is 410 g/mol. The lowest BCUT2D eigenvalue weighted by Gasteiger charge is -2.17. The number of Topliss-reactive ketones (excluding diaryl/α,β-unsaturated/α-hetero) is 1. The first-order valence-corrected chi connectivity index (χ1v) is 10.4. The maximum absolute atomic E-state index is 13.4. The summed E-state index contributed by atoms with van der Waals surface area (Å²) in [5.41, 5.74) is 7.89. The average Bonchev–Trinajstić information content (AvgIpc) is 3.23. The first kappa shape index (κ1) is 20.4. The maximum Gasteiger partial charge on any atom is 0.270 e. The van der Waals surface area contributed by atoms with Crippen molar-refractivity contribution in [1.82, 2.24) is 15.3 Å². The third-order valence-electron chi connectivity index (χ3n) is 4.70. The van der Waals surface area contributed by atoms with Crippen LogP contribution in [0.2, 0.25) is 0 Å². The van der Waals surface area contributed by atoms with Crippen molar-refractivity contribution >= 4 is 39.1 Å². The predicted octanol–water partition coefficient (Wildman–Crippen LogP) is 3.20. The number of carbonyl (C=O) groups excluding carboxylic acids is 2. The Morgan fingerprint density at radius 2 is 1.87 bits per heavy atom. The molecular formula is C23H19N5O2S. The predicted molar refractivity (Wildman–Crippen MR) is 121 cm³/mol. The zero-order valence-corrected chi connectivity index (χ0v) is 17.2. The van der Waals surface area contributed by atoms with Crippen molar-refractivity contribution in [3.8, 4) is 0 Å². The molecule has 2 heterocycles. The summed E-state index contributed by atoms with van der Waals surface area (Å²) in [5, 5.41) is 10.8. The van der Waals surface area contributed by atoms with E-state index in [1.165, 1.54) is 17.5 Å². The van der Waals surface area contributed by atoms with Gasteiger partial charge in [0.1, 0.15) is 11.5 Å². The summed E-state index contributed by atoms with van der Waals surface area (Å²) in [7, 11) is 0. The topological polar surface area (TPSA) is 122 Å². The van der Waals surface area contributed by atoms with Crippen LogP contribution in [-0.4, -0.2) is 33.5 Å². The lowest BCUT2D eigenvalue weighted by Crippen LogP contribution is -2.42. The minimum atomic E-state index is -0.850. The first-order valence-electron chi connectivity index (χ1n) is 9.56. The summed E-state index contributed by atoms with van der Waals surface area (Å²) in [6, 6.07) is 18.7. The van der Waals surface area contributed by atoms with Crippen molar-refractivity contribution in [2.24, 2.45) is 5.73 Å². The van der Waals surface area contributed by atoms with E-state index < -0.39 is 11.9 Å². The van der Waals surface area contributed by atoms with Gasteiger partial charge in [0.05, 0.1) is 16.3 Å². The Morgan fingerprint density at radius 3 is 2.61 bits per heavy atom. The van der Waals surface area contributed by atoms with E-state index in [0.717, 1.165) is 15.8 Å². The van der Waals surface area contributed by atoms with E-state index >= 15 is 0 Å². The molecule has 2 aromatic carbocycles. The van der Waals surface area contributed by atoms with Crippen LogP contribution in [0.5, 0.6) is 0 Å². The number of para-hydroxylation sites is 1. The van der Waals surface area contributed by atoms with E-state index in [-0.39, 0.29) is 23.7 Å². The van der Waals surface area contributed by atoms with Gasteiger partial charge in [0.2, 0.25) is 5.78 Å². The van der Waals surface area contributed by atoms with E-state index in [1.54, 1.807) is 36.4 Å². The lowest BCUT2D eigenvalue weighted by molar-refractivity contribution is 0.0854. The average molecular weight is 430 g/mol. The van der Waals surface area contributed by atoms with Gasteiger partial charge in [-0.2, -0.15) is 0 Å². The second kappa shape index (κ2) is 8.85. The smallest absolute Gasteiger partial charge is 0.270 e. The zero-order valence-electron chi connectivity index (χ0n) is 16.4. The highest BCUT2D eigenvalue weighted by molar-refractivity contribution is 7.20. The number of nitrogens with one attached hydrogen (secondary N) is 2. The number of thiazole rings is 1. The number of hydrogen-bond acceptors (Lipinski definition) is 6. The molecule has 8 heteroatoms. The van der Waals surface area contributed by atoms with E-state index in [0.29, 0.717) is 10.6 Å². The van der Waals surface area contributed by atoms with Gasteiger partial charge in [0, 0.05) is 18.2 Å². The first-order chi connectivity index (χ1) is 15.0. The summed E-state index contributed by atoms with van der Waals surface area (Å²) in [5.74, 6) is -0.782. The molecule has 7 nitrogen and oxygen atoms in total. The molecule has 0 aliphatic rings. The van der Waals surface area contributed by atoms with Gasteiger partial charge in [0.15, 0.2) is 5.01 Å². The fourth-order valence-corrected chi connectivity index (χ4v) is 4.13. The molecule has 1 amide bonds. The number of fused-ring (bicyclic) bond motifs is 1. The molecule has 0 spiro atoms. The van der Waals surface area contributed by atoms with E-state index in [4.69, 9.17) is 11.1 Å². The Kier molecular flexibility index (Phi) is 5.81. The molecule has 31 heavy (non-hydrogen) atoms. The molecule has 4 rings (SSSR count). The number of nitrogens with zero attached hydrogens (tertiary/aromatic N) is 2. The number of amides is 1. The molecule has 0 fully saturated rings. The molecule has 4 N–H and O–H groups in total. The Bertz CT molecular complexity index is 1240. The van der Waals surface area contributed by atoms with Crippen LogP contribution in [0.4, 0.5) is 0 Å². The van der Waals surface area contributed by atoms with E-state index in [2.05, 4.69) is 15.3 Å². The molecule has 0 aliphatic heterocycles. The van der Waals surface area contributed by atoms with Gasteiger partial charge < -0.3 is 11.1 Å². The van der Waals surface area contributed by atoms with Crippen LogP contribution in [0.15, 0.2) is 72.9 Å². The lowest BCUT2D eigenvalue weighted by atomic mass is 10.00. The van der Waals surface area contributed by atoms with Gasteiger partial charge >= 0.3 is 0 Å². The SMILES string of the molecule is N=C(N)c1cccc(CC(NC(=O)c2ccccn2)C(=O)c2nc3ccccc3s2)c1. The number of carbonyl (C=O) groups is 2. The van der Waals surface area contributed by atoms with Gasteiger partial charge in [-0.15, -0.1) is 11.3 Å². The molecule has 2 aromatic heterocycles. The Morgan fingerprint density at radius 1 is 1.06 bits per heavy atom. The van der Waals surface area contributed by atoms with Gasteiger partial charge in [-0.05, 0) is 35.9 Å². The second-order valence-electron chi connectivity index (χ2n) is 6.91. The molecule has 4 aromatic rings. The Balaban J connectivity index is 1.65. The molecule has 0 saturated carbocycles. The van der Waals surface area contributed by atoms with Crippen LogP contribution >= 0.6 is 11.3 Å². The third kappa shape index (κ3) is 4.65. The van der Waals surface area contributed by atoms with Gasteiger partial charge in [-0.25, -0.2) is 4.98 Å². The van der Waals surface area contributed by atoms with Crippen LogP contribution in [0.3, 0.4) is 0 Å². The van der Waals surface area contributed by atoms with Gasteiger partial charge in [-0.3, -0.25) is 20.0 Å². The minimum Gasteiger partial charge on any atom is -0.384 e. The van der Waals surface area contributed by atoms with Crippen LogP contribution in [0.25, 0.3) is 10.2 Å². The van der Waals surface area contributed by atoms with Gasteiger partial charge in [0.25, 0.3) is 5.91 Å². The molecule has 154 valence electrons. The van der Waals surface area contributed by atoms with Crippen LogP contribution < -0.4 is 11.1 Å². The number of aromatic nitrogens is 2. The van der Waals surface area contributed by atoms with Crippen molar-refractivity contribution in [1.29, 1.82) is 5.41 Å². The number of benzene rings is 2. The van der Waals surface area contributed by atoms with E-state index in [9.17, 15) is 9.59 Å². The summed E-state index contributed by atoms with van der Waals surface area (Å²) in [6.07, 6.45) is 1.75. The third-order valence-corrected chi connectivity index (χ3v) is 5.75. The number of nitrogen functional groups attached to an aromatic ring is 1. The van der Waals surface area contributed by atoms with Crippen molar-refractivity contribution < 1.29 is 9.59 Å². The van der Waals surface area contributed by atoms with Gasteiger partial charge in [-0.1, -0.05) is 36.4 Å². The van der Waals surface area contributed by atoms with Crippen molar-refractivity contribution in [3.63, 3.8) is 0 Å². The maximum atomic E-state index is 13.4. The van der Waals surface area contributed by atoms with Crippen LogP contribution in [0, 0.1) is 5.41 Å². The zero-order chi connectivity index (χ0) is 21.8. The van der Waals surface area contributed by atoms with Crippen molar-refractivity contribution in [2.75, 3.05) is 0 Å². The number of rotatable bonds is 7. The van der Waals surface area contributed by atoms with Crippen LogP contribution in [-0.2, 0) is 6.42 Å². The molecule has 1 atom stereocenters. The fourth-order valence-electron chi connectivity index (χ4n) is 3.17. The molecule has 0 bridgehead atoms. The monoisotopic (exact) mass is 429 g/mol. The summed E-state index contributed by atoms with van der Waals surface area (Å²) in [4.78, 5) is 34.6. The quantitative estimate of drug-likeness (QED) is 0.237. The number of amidine groups is 1. The summed E-state index contributed by atoms with van der Waals surface area (Å²) < 4.78 is 0.902. The molecule has 1 unspecified atom stereocenters. The summed E-state index contributed by atoms with van der Waals surface area (Å²) >= 11 is 1.29. The highest BCUT2D eigenvalue weighted by Gasteiger charge is 2.26. The normalized spacial score (nSPS) is 11.7. The number of ketones is 1. The number of nitrogens with two attached hydrogens (primary N) is 1. The van der Waals surface area contributed by atoms with Crippen LogP contribution in [0.1, 0.15) is 31.4 Å². The van der Waals surface area contributed by atoms with Crippen molar-refractivity contribution in [2.45, 2.75) is 12.5 Å². The molecule has 0 saturated heterocycles. The number of pyridine rings is 1. The highest BCUT2D eigenvalue weighted by Crippen LogP contribution is 2.23. The Hall–Kier alpha value is -3.91. The fraction of sp³-hybridized carbons (Fsp3) is 0.0870. The van der Waals surface area contributed by atoms with Crippen molar-refractivity contribution in [3.05, 3.63) is 94.8 Å². The molecule has 0 radical (unpaired) electrons. The minimum absolute atomic E-state index is 0.0616. The second-order valence-corrected chi connectivity index (χ2v) is 7.94. The standard InChI is InChI=1S/C23H19N5O2S/c24-21(25)15-7-5-6-14(12-15)13-18(27-22(30)17-9-3-4-11-26-17)20(29)23-28-16-8-1-2-10-19(16)31-23/h1-12,18H,13H2,(H3,24,25)(H,27,30). The Labute approximate surface area is 182 Å². The molecule has 0 aliphatic carbocycles. The highest BCUT2D eigenvalue weighted by atomic mass is 32.1. The largest absolute Gasteiger partial charge is 0.384 e.